The maximum Gasteiger partial charge on any atom is 0.573 e. The predicted octanol–water partition coefficient (Wildman–Crippen LogP) is 2.51. The highest BCUT2D eigenvalue weighted by Crippen LogP contribution is 2.43. The summed E-state index contributed by atoms with van der Waals surface area (Å²) in [5, 5.41) is 0. The van der Waals surface area contributed by atoms with E-state index in [4.69, 9.17) is 5.73 Å². The van der Waals surface area contributed by atoms with E-state index in [0.717, 1.165) is 5.69 Å². The maximum absolute atomic E-state index is 12.2. The fourth-order valence-electron chi connectivity index (χ4n) is 1.95. The van der Waals surface area contributed by atoms with Crippen LogP contribution in [0.25, 0.3) is 0 Å². The van der Waals surface area contributed by atoms with Gasteiger partial charge >= 0.3 is 6.36 Å². The molecule has 0 aliphatic carbocycles. The Morgan fingerprint density at radius 3 is 2.81 bits per heavy atom. The van der Waals surface area contributed by atoms with Gasteiger partial charge < -0.3 is 15.4 Å². The molecule has 1 aliphatic rings. The first kappa shape index (κ1) is 16.4. The lowest BCUT2D eigenvalue weighted by atomic mass is 10.3. The van der Waals surface area contributed by atoms with Crippen LogP contribution in [-0.4, -0.2) is 34.1 Å². The van der Waals surface area contributed by atoms with Gasteiger partial charge in [0.2, 0.25) is 0 Å². The number of hydrogen-bond donors (Lipinski definition) is 1. The van der Waals surface area contributed by atoms with Crippen LogP contribution in [0, 0.1) is 0 Å². The maximum atomic E-state index is 12.2. The molecule has 0 saturated heterocycles. The third kappa shape index (κ3) is 4.27. The van der Waals surface area contributed by atoms with E-state index in [1.54, 1.807) is 6.07 Å². The zero-order valence-electron chi connectivity index (χ0n) is 11.2. The molecule has 9 heteroatoms. The molecule has 1 aliphatic heterocycles. The highest BCUT2D eigenvalue weighted by atomic mass is 32.2. The lowest BCUT2D eigenvalue weighted by Gasteiger charge is -2.23. The van der Waals surface area contributed by atoms with E-state index in [-0.39, 0.29) is 5.75 Å². The number of nitrogens with two attached hydrogens (primary N) is 1. The highest BCUT2D eigenvalue weighted by molar-refractivity contribution is 8.00. The molecule has 1 heterocycles. The van der Waals surface area contributed by atoms with E-state index in [1.165, 1.54) is 23.9 Å². The van der Waals surface area contributed by atoms with Crippen LogP contribution in [-0.2, 0) is 10.8 Å². The number of nitrogens with zero attached hydrogens (tertiary/aromatic N) is 1. The van der Waals surface area contributed by atoms with E-state index in [0.29, 0.717) is 22.9 Å². The summed E-state index contributed by atoms with van der Waals surface area (Å²) in [5.74, 6) is 0.784. The monoisotopic (exact) mass is 340 g/mol. The van der Waals surface area contributed by atoms with Crippen molar-refractivity contribution < 1.29 is 22.1 Å². The molecular formula is C12H15F3N2O2S2. The molecule has 1 aromatic rings. The number of halogens is 3. The lowest BCUT2D eigenvalue weighted by Crippen LogP contribution is -2.38. The highest BCUT2D eigenvalue weighted by Gasteiger charge is 2.33. The molecular weight excluding hydrogens is 325 g/mol. The van der Waals surface area contributed by atoms with Crippen molar-refractivity contribution in [3.63, 3.8) is 0 Å². The van der Waals surface area contributed by atoms with Crippen molar-refractivity contribution in [2.45, 2.75) is 23.7 Å². The van der Waals surface area contributed by atoms with Crippen molar-refractivity contribution in [2.75, 3.05) is 23.0 Å². The Morgan fingerprint density at radius 1 is 1.48 bits per heavy atom. The molecule has 2 N–H and O–H groups in total. The number of ether oxygens (including phenoxy) is 1. The van der Waals surface area contributed by atoms with Crippen LogP contribution in [0.1, 0.15) is 6.92 Å². The first-order valence-corrected chi connectivity index (χ1v) is 8.60. The second kappa shape index (κ2) is 6.45. The fourth-order valence-corrected chi connectivity index (χ4v) is 3.73. The SMILES string of the molecule is CCS(=O)CCN1c2ccc(OC(F)(F)F)cc2SC1N. The number of anilines is 1. The molecule has 0 fully saturated rings. The topological polar surface area (TPSA) is 55.6 Å². The minimum Gasteiger partial charge on any atom is -0.406 e. The first-order valence-electron chi connectivity index (χ1n) is 6.24. The van der Waals surface area contributed by atoms with E-state index in [9.17, 15) is 17.4 Å². The van der Waals surface area contributed by atoms with E-state index >= 15 is 0 Å². The van der Waals surface area contributed by atoms with Crippen molar-refractivity contribution in [3.8, 4) is 5.75 Å². The van der Waals surface area contributed by atoms with Crippen LogP contribution >= 0.6 is 11.8 Å². The van der Waals surface area contributed by atoms with Gasteiger partial charge in [-0.15, -0.1) is 13.2 Å². The summed E-state index contributed by atoms with van der Waals surface area (Å²) < 4.78 is 52.0. The van der Waals surface area contributed by atoms with Gasteiger partial charge in [0.25, 0.3) is 0 Å². The molecule has 0 amide bonds. The summed E-state index contributed by atoms with van der Waals surface area (Å²) in [6, 6.07) is 4.13. The molecule has 2 unspecified atom stereocenters. The van der Waals surface area contributed by atoms with Crippen LogP contribution in [0.15, 0.2) is 23.1 Å². The predicted molar refractivity (Wildman–Crippen MR) is 77.9 cm³/mol. The third-order valence-corrected chi connectivity index (χ3v) is 5.27. The Hall–Kier alpha value is -0.930. The van der Waals surface area contributed by atoms with Crippen molar-refractivity contribution >= 4 is 28.2 Å². The van der Waals surface area contributed by atoms with Gasteiger partial charge in [0.1, 0.15) is 11.2 Å². The largest absolute Gasteiger partial charge is 0.573 e. The number of hydrogen-bond acceptors (Lipinski definition) is 5. The smallest absolute Gasteiger partial charge is 0.406 e. The molecule has 0 spiro atoms. The molecule has 4 nitrogen and oxygen atoms in total. The summed E-state index contributed by atoms with van der Waals surface area (Å²) in [7, 11) is -0.912. The van der Waals surface area contributed by atoms with Gasteiger partial charge in [0.15, 0.2) is 0 Å². The van der Waals surface area contributed by atoms with Crippen molar-refractivity contribution in [3.05, 3.63) is 18.2 Å². The number of alkyl halides is 3. The molecule has 0 saturated carbocycles. The van der Waals surface area contributed by atoms with Gasteiger partial charge in [-0.2, -0.15) is 0 Å². The second-order valence-corrected chi connectivity index (χ2v) is 7.34. The molecule has 2 atom stereocenters. The average molecular weight is 340 g/mol. The lowest BCUT2D eigenvalue weighted by molar-refractivity contribution is -0.274. The molecule has 118 valence electrons. The van der Waals surface area contributed by atoms with Crippen LogP contribution < -0.4 is 15.4 Å². The fraction of sp³-hybridized carbons (Fsp3) is 0.500. The van der Waals surface area contributed by atoms with Crippen LogP contribution in [0.4, 0.5) is 18.9 Å². The number of rotatable bonds is 5. The van der Waals surface area contributed by atoms with Crippen LogP contribution in [0.3, 0.4) is 0 Å². The Bertz CT molecular complexity index is 540. The summed E-state index contributed by atoms with van der Waals surface area (Å²) in [6.45, 7) is 2.34. The first-order chi connectivity index (χ1) is 9.80. The minimum atomic E-state index is -4.71. The van der Waals surface area contributed by atoms with E-state index < -0.39 is 22.7 Å². The zero-order chi connectivity index (χ0) is 15.6. The van der Waals surface area contributed by atoms with Gasteiger partial charge in [0, 0.05) is 33.7 Å². The minimum absolute atomic E-state index is 0.264. The van der Waals surface area contributed by atoms with Gasteiger partial charge in [-0.25, -0.2) is 0 Å². The molecule has 2 rings (SSSR count). The summed E-state index contributed by atoms with van der Waals surface area (Å²) >= 11 is 1.26. The Labute approximate surface area is 127 Å². The zero-order valence-corrected chi connectivity index (χ0v) is 12.9. The van der Waals surface area contributed by atoms with E-state index in [1.807, 2.05) is 11.8 Å². The molecule has 0 aromatic heterocycles. The number of fused-ring (bicyclic) bond motifs is 1. The van der Waals surface area contributed by atoms with Crippen molar-refractivity contribution in [1.29, 1.82) is 0 Å². The third-order valence-electron chi connectivity index (χ3n) is 2.91. The second-order valence-electron chi connectivity index (χ2n) is 4.31. The summed E-state index contributed by atoms with van der Waals surface area (Å²) in [5.41, 5.74) is 6.31. The molecule has 0 radical (unpaired) electrons. The van der Waals surface area contributed by atoms with Crippen LogP contribution in [0.5, 0.6) is 5.75 Å². The molecule has 21 heavy (non-hydrogen) atoms. The standard InChI is InChI=1S/C12H15F3N2O2S2/c1-2-21(18)6-5-17-9-4-3-8(19-12(13,14)15)7-10(9)20-11(17)16/h3-4,7,11H,2,5-6,16H2,1H3. The van der Waals surface area contributed by atoms with E-state index in [2.05, 4.69) is 4.74 Å². The Morgan fingerprint density at radius 2 is 2.19 bits per heavy atom. The number of thioether (sulfide) groups is 1. The molecule has 0 bridgehead atoms. The Balaban J connectivity index is 2.12. The van der Waals surface area contributed by atoms with Gasteiger partial charge in [-0.05, 0) is 18.2 Å². The number of benzene rings is 1. The van der Waals surface area contributed by atoms with Gasteiger partial charge in [-0.1, -0.05) is 18.7 Å². The van der Waals surface area contributed by atoms with Gasteiger partial charge in [-0.3, -0.25) is 4.21 Å². The van der Waals surface area contributed by atoms with Gasteiger partial charge in [0.05, 0.1) is 5.69 Å². The molecule has 1 aromatic carbocycles. The van der Waals surface area contributed by atoms with Crippen molar-refractivity contribution in [2.24, 2.45) is 5.73 Å². The quantitative estimate of drug-likeness (QED) is 0.893. The summed E-state index contributed by atoms with van der Waals surface area (Å²) in [6.07, 6.45) is -4.71. The normalized spacial score (nSPS) is 19.5. The summed E-state index contributed by atoms with van der Waals surface area (Å²) in [4.78, 5) is 2.47. The van der Waals surface area contributed by atoms with Crippen LogP contribution in [0.2, 0.25) is 0 Å². The average Bonchev–Trinajstić information content (AvgIpc) is 2.69. The van der Waals surface area contributed by atoms with Crippen molar-refractivity contribution in [1.82, 2.24) is 0 Å². The Kier molecular flexibility index (Phi) is 5.05.